The molecule has 0 spiro atoms. The third-order valence-corrected chi connectivity index (χ3v) is 3.31. The first-order valence-electron chi connectivity index (χ1n) is 2.49. The van der Waals surface area contributed by atoms with Crippen molar-refractivity contribution >= 4 is 39.0 Å². The van der Waals surface area contributed by atoms with Gasteiger partial charge in [-0.1, -0.05) is 6.04 Å². The molecular weight excluding hydrogens is 163 g/mol. The molecule has 0 aliphatic rings. The summed E-state index contributed by atoms with van der Waals surface area (Å²) in [6.45, 7) is 0. The van der Waals surface area contributed by atoms with Crippen molar-refractivity contribution in [3.8, 4) is 0 Å². The number of carbonyl (C=O) groups excluding carboxylic acids is 1. The quantitative estimate of drug-likeness (QED) is 0.266. The fraction of sp³-hybridized carbons (Fsp3) is 0.750. The first-order valence-corrected chi connectivity index (χ1v) is 5.18. The van der Waals surface area contributed by atoms with Gasteiger partial charge in [-0.2, -0.15) is 0 Å². The zero-order valence-electron chi connectivity index (χ0n) is 4.44. The Kier molecular flexibility index (Phi) is 5.93. The molecule has 0 saturated heterocycles. The summed E-state index contributed by atoms with van der Waals surface area (Å²) in [7, 11) is -0.365. The smallest absolute Gasteiger partial charge is 0.119 e. The molecule has 0 aromatic rings. The largest absolute Gasteiger partial charge is 0.303 e. The van der Waals surface area contributed by atoms with Gasteiger partial charge in [-0.05, 0) is 0 Å². The van der Waals surface area contributed by atoms with E-state index in [9.17, 15) is 4.79 Å². The summed E-state index contributed by atoms with van der Waals surface area (Å²) in [5, 5.41) is 0. The van der Waals surface area contributed by atoms with E-state index in [0.717, 1.165) is 12.3 Å². The second-order valence-corrected chi connectivity index (χ2v) is 5.90. The molecule has 0 aliphatic heterocycles. The van der Waals surface area contributed by atoms with Crippen molar-refractivity contribution in [1.29, 1.82) is 0 Å². The second-order valence-electron chi connectivity index (χ2n) is 1.49. The molecule has 0 rings (SSSR count). The minimum atomic E-state index is -0.365. The van der Waals surface area contributed by atoms with Crippen LogP contribution in [0.2, 0.25) is 6.04 Å². The Hall–Kier alpha value is 0.467. The van der Waals surface area contributed by atoms with Crippen molar-refractivity contribution in [3.63, 3.8) is 0 Å². The first-order chi connectivity index (χ1) is 3.77. The molecule has 48 valence electrons. The van der Waals surface area contributed by atoms with Crippen molar-refractivity contribution in [1.82, 2.24) is 0 Å². The Labute approximate surface area is 61.2 Å². The molecule has 0 fully saturated rings. The number of carbonyl (C=O) groups is 1. The van der Waals surface area contributed by atoms with Crippen LogP contribution in [0.4, 0.5) is 0 Å². The Bertz CT molecular complexity index is 67.1. The lowest BCUT2D eigenvalue weighted by Gasteiger charge is -1.92. The highest BCUT2D eigenvalue weighted by Crippen LogP contribution is 2.01. The van der Waals surface area contributed by atoms with Crippen LogP contribution in [0, 0.1) is 0 Å². The van der Waals surface area contributed by atoms with Gasteiger partial charge in [-0.25, -0.2) is 0 Å². The molecule has 8 heavy (non-hydrogen) atoms. The molecule has 0 aromatic carbocycles. The molecule has 0 radical (unpaired) electrons. The van der Waals surface area contributed by atoms with Crippen LogP contribution in [-0.2, 0) is 4.79 Å². The van der Waals surface area contributed by atoms with Crippen molar-refractivity contribution in [2.45, 2.75) is 16.9 Å². The van der Waals surface area contributed by atoms with E-state index < -0.39 is 0 Å². The molecule has 0 heterocycles. The Balaban J connectivity index is 2.81. The highest BCUT2D eigenvalue weighted by molar-refractivity contribution is 6.68. The molecule has 0 aliphatic carbocycles. The number of hydrogen-bond acceptors (Lipinski definition) is 1. The zero-order chi connectivity index (χ0) is 6.41. The number of rotatable bonds is 4. The molecule has 4 heteroatoms. The molecule has 0 unspecified atom stereocenters. The van der Waals surface area contributed by atoms with Gasteiger partial charge in [0.2, 0.25) is 0 Å². The van der Waals surface area contributed by atoms with Gasteiger partial charge in [0, 0.05) is 6.42 Å². The highest BCUT2D eigenvalue weighted by Gasteiger charge is 1.96. The topological polar surface area (TPSA) is 17.1 Å². The van der Waals surface area contributed by atoms with Crippen LogP contribution in [0.3, 0.4) is 0 Å². The average Bonchev–Trinajstić information content (AvgIpc) is 1.66. The normalized spacial score (nSPS) is 11.4. The predicted octanol–water partition coefficient (Wildman–Crippen LogP) is 0.924. The second kappa shape index (κ2) is 5.60. The van der Waals surface area contributed by atoms with Gasteiger partial charge in [0.25, 0.3) is 0 Å². The van der Waals surface area contributed by atoms with Crippen molar-refractivity contribution < 1.29 is 4.79 Å². The van der Waals surface area contributed by atoms with Gasteiger partial charge in [-0.15, -0.1) is 23.2 Å². The van der Waals surface area contributed by atoms with E-state index in [1.165, 1.54) is 0 Å². The third-order valence-electron chi connectivity index (χ3n) is 0.744. The number of alkyl halides is 2. The monoisotopic (exact) mass is 170 g/mol. The van der Waals surface area contributed by atoms with Crippen molar-refractivity contribution in [2.75, 3.05) is 0 Å². The summed E-state index contributed by atoms with van der Waals surface area (Å²) in [6, 6.07) is 0.932. The van der Waals surface area contributed by atoms with Crippen LogP contribution in [0.25, 0.3) is 0 Å². The fourth-order valence-electron chi connectivity index (χ4n) is 0.355. The van der Waals surface area contributed by atoms with Crippen LogP contribution >= 0.6 is 23.2 Å². The summed E-state index contributed by atoms with van der Waals surface area (Å²) in [4.78, 5) is 9.72. The molecule has 0 aromatic heterocycles. The maximum Gasteiger partial charge on any atom is 0.119 e. The Morgan fingerprint density at radius 2 is 2.25 bits per heavy atom. The van der Waals surface area contributed by atoms with Crippen LogP contribution in [0.15, 0.2) is 0 Å². The third kappa shape index (κ3) is 6.47. The average molecular weight is 171 g/mol. The predicted molar refractivity (Wildman–Crippen MR) is 39.5 cm³/mol. The van der Waals surface area contributed by atoms with E-state index in [1.807, 2.05) is 0 Å². The standard InChI is InChI=1S/C4H8Cl2OSi/c5-4(6)8-3-1-2-7/h2,4H,1,3,8H2. The molecule has 0 N–H and O–H groups in total. The number of hydrogen-bond donors (Lipinski definition) is 0. The first kappa shape index (κ1) is 8.47. The van der Waals surface area contributed by atoms with E-state index in [2.05, 4.69) is 0 Å². The van der Waals surface area contributed by atoms with E-state index in [4.69, 9.17) is 23.2 Å². The van der Waals surface area contributed by atoms with E-state index in [1.54, 1.807) is 0 Å². The fourth-order valence-corrected chi connectivity index (χ4v) is 1.99. The summed E-state index contributed by atoms with van der Waals surface area (Å²) >= 11 is 10.8. The van der Waals surface area contributed by atoms with Gasteiger partial charge < -0.3 is 4.79 Å². The van der Waals surface area contributed by atoms with Gasteiger partial charge in [-0.3, -0.25) is 0 Å². The van der Waals surface area contributed by atoms with E-state index in [-0.39, 0.29) is 14.0 Å². The molecule has 0 atom stereocenters. The van der Waals surface area contributed by atoms with Crippen LogP contribution in [0.5, 0.6) is 0 Å². The van der Waals surface area contributed by atoms with Gasteiger partial charge in [0.15, 0.2) is 0 Å². The number of halogens is 2. The van der Waals surface area contributed by atoms with Crippen LogP contribution < -0.4 is 0 Å². The van der Waals surface area contributed by atoms with Crippen molar-refractivity contribution in [2.24, 2.45) is 0 Å². The maximum absolute atomic E-state index is 9.72. The Morgan fingerprint density at radius 1 is 1.62 bits per heavy atom. The highest BCUT2D eigenvalue weighted by atomic mass is 35.5. The molecule has 0 bridgehead atoms. The van der Waals surface area contributed by atoms with Gasteiger partial charge in [0.05, 0.1) is 14.0 Å². The minimum Gasteiger partial charge on any atom is -0.303 e. The molecule has 0 saturated carbocycles. The molecule has 0 amide bonds. The minimum absolute atomic E-state index is 0.171. The lowest BCUT2D eigenvalue weighted by molar-refractivity contribution is -0.107. The zero-order valence-corrected chi connectivity index (χ0v) is 7.37. The number of aldehydes is 1. The summed E-state index contributed by atoms with van der Waals surface area (Å²) in [5.74, 6) is 0. The van der Waals surface area contributed by atoms with Gasteiger partial charge >= 0.3 is 0 Å². The summed E-state index contributed by atoms with van der Waals surface area (Å²) in [5.41, 5.74) is 0. The molecule has 1 nitrogen and oxygen atoms in total. The summed E-state index contributed by atoms with van der Waals surface area (Å²) in [6.07, 6.45) is 1.53. The van der Waals surface area contributed by atoms with Gasteiger partial charge in [0.1, 0.15) is 6.29 Å². The van der Waals surface area contributed by atoms with Crippen molar-refractivity contribution in [3.05, 3.63) is 0 Å². The Morgan fingerprint density at radius 3 is 2.62 bits per heavy atom. The van der Waals surface area contributed by atoms with E-state index in [0.29, 0.717) is 6.42 Å². The SMILES string of the molecule is O=CCC[SiH2]C(Cl)Cl. The maximum atomic E-state index is 9.72. The lowest BCUT2D eigenvalue weighted by atomic mass is 10.6. The summed E-state index contributed by atoms with van der Waals surface area (Å²) < 4.78 is -0.171. The lowest BCUT2D eigenvalue weighted by Crippen LogP contribution is -1.99. The van der Waals surface area contributed by atoms with Crippen LogP contribution in [0.1, 0.15) is 6.42 Å². The van der Waals surface area contributed by atoms with Crippen LogP contribution in [-0.4, -0.2) is 20.3 Å². The van der Waals surface area contributed by atoms with E-state index >= 15 is 0 Å². The molecular formula is C4H8Cl2OSi.